The van der Waals surface area contributed by atoms with Gasteiger partial charge in [0.05, 0.1) is 19.3 Å². The molecule has 3 rings (SSSR count). The van der Waals surface area contributed by atoms with Crippen LogP contribution in [0.15, 0.2) is 28.7 Å². The van der Waals surface area contributed by atoms with Gasteiger partial charge < -0.3 is 14.9 Å². The summed E-state index contributed by atoms with van der Waals surface area (Å²) in [6.07, 6.45) is 5.36. The summed E-state index contributed by atoms with van der Waals surface area (Å²) in [5, 5.41) is 1.14. The van der Waals surface area contributed by atoms with Crippen molar-refractivity contribution in [2.24, 2.45) is 11.7 Å². The van der Waals surface area contributed by atoms with Crippen molar-refractivity contribution >= 4 is 11.0 Å². The molecular formula is C17H23NO2. The van der Waals surface area contributed by atoms with E-state index in [0.717, 1.165) is 28.2 Å². The van der Waals surface area contributed by atoms with Gasteiger partial charge in [0, 0.05) is 10.9 Å². The van der Waals surface area contributed by atoms with Crippen molar-refractivity contribution in [3.63, 3.8) is 0 Å². The van der Waals surface area contributed by atoms with E-state index in [0.29, 0.717) is 19.3 Å². The number of fused-ring (bicyclic) bond motifs is 1. The van der Waals surface area contributed by atoms with E-state index in [9.17, 15) is 0 Å². The van der Waals surface area contributed by atoms with Gasteiger partial charge in [-0.2, -0.15) is 0 Å². The van der Waals surface area contributed by atoms with E-state index in [2.05, 4.69) is 13.0 Å². The Bertz CT molecular complexity index is 575. The highest BCUT2D eigenvalue weighted by Gasteiger charge is 2.21. The molecule has 1 fully saturated rings. The number of ether oxygens (including phenoxy) is 1. The molecule has 2 unspecified atom stereocenters. The molecule has 1 heterocycles. The minimum absolute atomic E-state index is 0.387. The highest BCUT2D eigenvalue weighted by atomic mass is 16.5. The van der Waals surface area contributed by atoms with Gasteiger partial charge >= 0.3 is 0 Å². The zero-order valence-electron chi connectivity index (χ0n) is 12.1. The van der Waals surface area contributed by atoms with Gasteiger partial charge in [0.1, 0.15) is 11.3 Å². The lowest BCUT2D eigenvalue weighted by molar-refractivity contribution is 0.00454. The molecule has 20 heavy (non-hydrogen) atoms. The molecule has 0 spiro atoms. The van der Waals surface area contributed by atoms with Crippen molar-refractivity contribution < 1.29 is 9.15 Å². The molecule has 0 bridgehead atoms. The van der Waals surface area contributed by atoms with Gasteiger partial charge in [-0.05, 0) is 24.8 Å². The summed E-state index contributed by atoms with van der Waals surface area (Å²) in [4.78, 5) is 0. The lowest BCUT2D eigenvalue weighted by Crippen LogP contribution is -2.21. The summed E-state index contributed by atoms with van der Waals surface area (Å²) in [5.41, 5.74) is 7.83. The second-order valence-electron chi connectivity index (χ2n) is 5.91. The number of hydrogen-bond donors (Lipinski definition) is 1. The van der Waals surface area contributed by atoms with Gasteiger partial charge in [0.2, 0.25) is 0 Å². The van der Waals surface area contributed by atoms with Crippen LogP contribution in [0.2, 0.25) is 0 Å². The number of hydrogen-bond acceptors (Lipinski definition) is 3. The summed E-state index contributed by atoms with van der Waals surface area (Å²) in [6, 6.07) is 8.09. The van der Waals surface area contributed by atoms with Crippen LogP contribution in [0.4, 0.5) is 0 Å². The summed E-state index contributed by atoms with van der Waals surface area (Å²) in [5.74, 6) is 1.64. The van der Waals surface area contributed by atoms with E-state index in [1.165, 1.54) is 25.7 Å². The van der Waals surface area contributed by atoms with Gasteiger partial charge in [-0.25, -0.2) is 0 Å². The molecule has 0 saturated heterocycles. The maximum atomic E-state index is 6.13. The number of nitrogens with two attached hydrogens (primary N) is 1. The molecule has 1 saturated carbocycles. The maximum absolute atomic E-state index is 6.13. The number of furan rings is 1. The van der Waals surface area contributed by atoms with E-state index < -0.39 is 0 Å². The van der Waals surface area contributed by atoms with Gasteiger partial charge in [-0.3, -0.25) is 0 Å². The molecular weight excluding hydrogens is 250 g/mol. The molecule has 3 nitrogen and oxygen atoms in total. The number of rotatable bonds is 4. The zero-order chi connectivity index (χ0) is 13.9. The van der Waals surface area contributed by atoms with Crippen LogP contribution in [0.1, 0.15) is 43.9 Å². The van der Waals surface area contributed by atoms with Crippen molar-refractivity contribution in [1.82, 2.24) is 0 Å². The van der Waals surface area contributed by atoms with Gasteiger partial charge in [0.15, 0.2) is 0 Å². The quantitative estimate of drug-likeness (QED) is 0.916. The highest BCUT2D eigenvalue weighted by molar-refractivity contribution is 5.82. The molecule has 0 radical (unpaired) electrons. The fourth-order valence-electron chi connectivity index (χ4n) is 3.20. The molecule has 1 aromatic carbocycles. The van der Waals surface area contributed by atoms with Crippen molar-refractivity contribution in [3.05, 3.63) is 35.6 Å². The van der Waals surface area contributed by atoms with Gasteiger partial charge in [0.25, 0.3) is 0 Å². The molecule has 2 aromatic rings. The van der Waals surface area contributed by atoms with Crippen LogP contribution >= 0.6 is 0 Å². The Labute approximate surface area is 120 Å². The number of benzene rings is 1. The van der Waals surface area contributed by atoms with Crippen LogP contribution in [-0.2, 0) is 17.9 Å². The van der Waals surface area contributed by atoms with Crippen LogP contribution in [0.5, 0.6) is 0 Å². The fourth-order valence-corrected chi connectivity index (χ4v) is 3.20. The predicted octanol–water partition coefficient (Wildman–Crippen LogP) is 3.99. The topological polar surface area (TPSA) is 48.4 Å². The average Bonchev–Trinajstić information content (AvgIpc) is 2.83. The third-order valence-electron chi connectivity index (χ3n) is 4.32. The van der Waals surface area contributed by atoms with Crippen LogP contribution in [0.3, 0.4) is 0 Å². The Morgan fingerprint density at radius 2 is 2.15 bits per heavy atom. The second kappa shape index (κ2) is 5.98. The molecule has 0 aliphatic heterocycles. The fraction of sp³-hybridized carbons (Fsp3) is 0.529. The summed E-state index contributed by atoms with van der Waals surface area (Å²) in [7, 11) is 0. The van der Waals surface area contributed by atoms with Crippen LogP contribution in [0, 0.1) is 5.92 Å². The predicted molar refractivity (Wildman–Crippen MR) is 80.3 cm³/mol. The SMILES string of the molecule is CC1CCCC(OCc2c(CN)oc3ccccc23)C1. The lowest BCUT2D eigenvalue weighted by atomic mass is 9.89. The van der Waals surface area contributed by atoms with Crippen molar-refractivity contribution in [2.45, 2.75) is 51.9 Å². The molecule has 2 N–H and O–H groups in total. The first-order valence-electron chi connectivity index (χ1n) is 7.59. The Balaban J connectivity index is 1.76. The molecule has 1 aliphatic carbocycles. The van der Waals surface area contributed by atoms with Gasteiger partial charge in [-0.15, -0.1) is 0 Å². The first-order chi connectivity index (χ1) is 9.78. The monoisotopic (exact) mass is 273 g/mol. The molecule has 2 atom stereocenters. The standard InChI is InChI=1S/C17H23NO2/c1-12-5-4-6-13(9-12)19-11-15-14-7-2-3-8-16(14)20-17(15)10-18/h2-3,7-8,12-13H,4-6,9-11,18H2,1H3. The van der Waals surface area contributed by atoms with Crippen molar-refractivity contribution in [1.29, 1.82) is 0 Å². The Morgan fingerprint density at radius 1 is 1.30 bits per heavy atom. The van der Waals surface area contributed by atoms with E-state index in [-0.39, 0.29) is 0 Å². The number of para-hydroxylation sites is 1. The van der Waals surface area contributed by atoms with Gasteiger partial charge in [-0.1, -0.05) is 38.0 Å². The van der Waals surface area contributed by atoms with Crippen LogP contribution in [-0.4, -0.2) is 6.10 Å². The van der Waals surface area contributed by atoms with Crippen molar-refractivity contribution in [3.8, 4) is 0 Å². The minimum Gasteiger partial charge on any atom is -0.459 e. The largest absolute Gasteiger partial charge is 0.459 e. The Kier molecular flexibility index (Phi) is 4.08. The lowest BCUT2D eigenvalue weighted by Gasteiger charge is -2.26. The normalized spacial score (nSPS) is 23.3. The zero-order valence-corrected chi connectivity index (χ0v) is 12.1. The third-order valence-corrected chi connectivity index (χ3v) is 4.32. The third kappa shape index (κ3) is 2.74. The molecule has 3 heteroatoms. The minimum atomic E-state index is 0.387. The van der Waals surface area contributed by atoms with E-state index in [4.69, 9.17) is 14.9 Å². The van der Waals surface area contributed by atoms with E-state index in [1.807, 2.05) is 18.2 Å². The molecule has 1 aromatic heterocycles. The molecule has 1 aliphatic rings. The first kappa shape index (κ1) is 13.7. The Morgan fingerprint density at radius 3 is 2.95 bits per heavy atom. The van der Waals surface area contributed by atoms with Crippen LogP contribution in [0.25, 0.3) is 11.0 Å². The average molecular weight is 273 g/mol. The summed E-state index contributed by atoms with van der Waals surface area (Å²) >= 11 is 0. The maximum Gasteiger partial charge on any atom is 0.134 e. The van der Waals surface area contributed by atoms with E-state index >= 15 is 0 Å². The summed E-state index contributed by atoms with van der Waals surface area (Å²) < 4.78 is 11.9. The Hall–Kier alpha value is -1.32. The van der Waals surface area contributed by atoms with E-state index in [1.54, 1.807) is 0 Å². The molecule has 108 valence electrons. The second-order valence-corrected chi connectivity index (χ2v) is 5.91. The van der Waals surface area contributed by atoms with Crippen molar-refractivity contribution in [2.75, 3.05) is 0 Å². The summed E-state index contributed by atoms with van der Waals surface area (Å²) in [6.45, 7) is 3.35. The highest BCUT2D eigenvalue weighted by Crippen LogP contribution is 2.30. The smallest absolute Gasteiger partial charge is 0.134 e. The van der Waals surface area contributed by atoms with Crippen LogP contribution < -0.4 is 5.73 Å². The first-order valence-corrected chi connectivity index (χ1v) is 7.59. The molecule has 0 amide bonds.